The lowest BCUT2D eigenvalue weighted by Crippen LogP contribution is -2.25. The summed E-state index contributed by atoms with van der Waals surface area (Å²) in [5.41, 5.74) is 2.05. The summed E-state index contributed by atoms with van der Waals surface area (Å²) >= 11 is 0. The van der Waals surface area contributed by atoms with Gasteiger partial charge in [-0.25, -0.2) is 10.3 Å². The third-order valence-corrected chi connectivity index (χ3v) is 1.93. The molecule has 0 spiro atoms. The lowest BCUT2D eigenvalue weighted by molar-refractivity contribution is -0.384. The molecular formula is C11H14N2O4. The van der Waals surface area contributed by atoms with Crippen LogP contribution in [0.15, 0.2) is 24.3 Å². The molecule has 6 heteroatoms. The number of hydrogen-bond donors (Lipinski definition) is 1. The van der Waals surface area contributed by atoms with Gasteiger partial charge in [0.05, 0.1) is 16.0 Å². The predicted octanol–water partition coefficient (Wildman–Crippen LogP) is 2.51. The largest absolute Gasteiger partial charge is 0.343 e. The van der Waals surface area contributed by atoms with E-state index in [-0.39, 0.29) is 5.69 Å². The highest BCUT2D eigenvalue weighted by Gasteiger charge is 2.23. The maximum atomic E-state index is 11.4. The van der Waals surface area contributed by atoms with Gasteiger partial charge >= 0.3 is 5.97 Å². The van der Waals surface area contributed by atoms with Gasteiger partial charge in [0.15, 0.2) is 0 Å². The summed E-state index contributed by atoms with van der Waals surface area (Å²) in [6, 6.07) is 5.72. The molecule has 1 aromatic rings. The first kappa shape index (κ1) is 13.0. The number of nitro benzene ring substituents is 1. The Hall–Kier alpha value is -2.11. The third kappa shape index (κ3) is 3.75. The quantitative estimate of drug-likeness (QED) is 0.646. The first-order chi connectivity index (χ1) is 7.80. The smallest absolute Gasteiger partial charge is 0.337 e. The van der Waals surface area contributed by atoms with Gasteiger partial charge in [-0.05, 0) is 26.8 Å². The number of nitro groups is 1. The molecule has 0 bridgehead atoms. The zero-order valence-electron chi connectivity index (χ0n) is 9.89. The standard InChI is InChI=1S/C11H14N2O4/c1-11(2,3)10(14)17-12-8-5-4-6-9(7-8)13(15)16/h4-7,12H,1-3H3. The Kier molecular flexibility index (Phi) is 3.67. The normalized spacial score (nSPS) is 10.8. The van der Waals surface area contributed by atoms with Crippen molar-refractivity contribution in [3.05, 3.63) is 34.4 Å². The lowest BCUT2D eigenvalue weighted by Gasteiger charge is -2.16. The first-order valence-corrected chi connectivity index (χ1v) is 5.02. The number of hydrogen-bond acceptors (Lipinski definition) is 5. The summed E-state index contributed by atoms with van der Waals surface area (Å²) in [5, 5.41) is 10.5. The molecule has 0 unspecified atom stereocenters. The Balaban J connectivity index is 2.67. The van der Waals surface area contributed by atoms with Gasteiger partial charge in [0, 0.05) is 12.1 Å². The van der Waals surface area contributed by atoms with E-state index in [1.165, 1.54) is 18.2 Å². The van der Waals surface area contributed by atoms with E-state index in [2.05, 4.69) is 5.48 Å². The van der Waals surface area contributed by atoms with Crippen molar-refractivity contribution in [2.24, 2.45) is 5.41 Å². The zero-order chi connectivity index (χ0) is 13.1. The fourth-order valence-corrected chi connectivity index (χ4v) is 0.941. The minimum Gasteiger partial charge on any atom is -0.343 e. The van der Waals surface area contributed by atoms with Crippen LogP contribution in [0, 0.1) is 15.5 Å². The molecule has 0 saturated carbocycles. The maximum Gasteiger partial charge on any atom is 0.337 e. The molecule has 0 atom stereocenters. The highest BCUT2D eigenvalue weighted by molar-refractivity contribution is 5.76. The van der Waals surface area contributed by atoms with Gasteiger partial charge in [-0.3, -0.25) is 10.1 Å². The number of carbonyl (C=O) groups is 1. The Morgan fingerprint density at radius 2 is 2.06 bits per heavy atom. The molecule has 0 aromatic heterocycles. The van der Waals surface area contributed by atoms with Crippen LogP contribution in [-0.2, 0) is 9.63 Å². The molecule has 0 fully saturated rings. The predicted molar refractivity (Wildman–Crippen MR) is 62.3 cm³/mol. The SMILES string of the molecule is CC(C)(C)C(=O)ONc1cccc([N+](=O)[O-])c1. The van der Waals surface area contributed by atoms with Gasteiger partial charge in [-0.1, -0.05) is 6.07 Å². The lowest BCUT2D eigenvalue weighted by atomic mass is 9.98. The van der Waals surface area contributed by atoms with E-state index in [1.54, 1.807) is 26.8 Å². The first-order valence-electron chi connectivity index (χ1n) is 5.02. The second-order valence-corrected chi connectivity index (χ2v) is 4.55. The summed E-state index contributed by atoms with van der Waals surface area (Å²) in [4.78, 5) is 26.3. The van der Waals surface area contributed by atoms with E-state index < -0.39 is 16.3 Å². The van der Waals surface area contributed by atoms with E-state index >= 15 is 0 Å². The van der Waals surface area contributed by atoms with Crippen LogP contribution >= 0.6 is 0 Å². The Morgan fingerprint density at radius 1 is 1.41 bits per heavy atom. The van der Waals surface area contributed by atoms with E-state index in [0.717, 1.165) is 0 Å². The molecular weight excluding hydrogens is 224 g/mol. The second kappa shape index (κ2) is 4.82. The average molecular weight is 238 g/mol. The molecule has 17 heavy (non-hydrogen) atoms. The van der Waals surface area contributed by atoms with Gasteiger partial charge in [0.1, 0.15) is 0 Å². The number of nitrogens with zero attached hydrogens (tertiary/aromatic N) is 1. The molecule has 0 aliphatic heterocycles. The number of anilines is 1. The summed E-state index contributed by atoms with van der Waals surface area (Å²) in [5.74, 6) is -0.441. The molecule has 0 heterocycles. The minimum absolute atomic E-state index is 0.0678. The molecule has 0 saturated heterocycles. The number of nitrogens with one attached hydrogen (secondary N) is 1. The fraction of sp³-hybridized carbons (Fsp3) is 0.364. The molecule has 1 N–H and O–H groups in total. The van der Waals surface area contributed by atoms with Gasteiger partial charge in [-0.2, -0.15) is 0 Å². The summed E-state index contributed by atoms with van der Waals surface area (Å²) < 4.78 is 0. The minimum atomic E-state index is -0.631. The van der Waals surface area contributed by atoms with Gasteiger partial charge in [0.2, 0.25) is 0 Å². The monoisotopic (exact) mass is 238 g/mol. The van der Waals surface area contributed by atoms with E-state index in [4.69, 9.17) is 4.84 Å². The van der Waals surface area contributed by atoms with Crippen LogP contribution in [0.25, 0.3) is 0 Å². The van der Waals surface area contributed by atoms with Crippen molar-refractivity contribution in [1.82, 2.24) is 0 Å². The Morgan fingerprint density at radius 3 is 2.59 bits per heavy atom. The molecule has 92 valence electrons. The second-order valence-electron chi connectivity index (χ2n) is 4.55. The topological polar surface area (TPSA) is 81.5 Å². The highest BCUT2D eigenvalue weighted by Crippen LogP contribution is 2.19. The maximum absolute atomic E-state index is 11.4. The van der Waals surface area contributed by atoms with E-state index in [1.807, 2.05) is 0 Å². The van der Waals surface area contributed by atoms with Crippen LogP contribution < -0.4 is 5.48 Å². The van der Waals surface area contributed by atoms with Crippen LogP contribution in [0.4, 0.5) is 11.4 Å². The van der Waals surface area contributed by atoms with Gasteiger partial charge in [0.25, 0.3) is 5.69 Å². The number of rotatable bonds is 3. The van der Waals surface area contributed by atoms with Crippen LogP contribution in [-0.4, -0.2) is 10.9 Å². The van der Waals surface area contributed by atoms with E-state index in [9.17, 15) is 14.9 Å². The molecule has 0 radical (unpaired) electrons. The fourth-order valence-electron chi connectivity index (χ4n) is 0.941. The molecule has 1 rings (SSSR count). The van der Waals surface area contributed by atoms with Crippen molar-refractivity contribution < 1.29 is 14.6 Å². The molecule has 6 nitrogen and oxygen atoms in total. The Bertz CT molecular complexity index is 437. The summed E-state index contributed by atoms with van der Waals surface area (Å²) in [7, 11) is 0. The number of benzene rings is 1. The van der Waals surface area contributed by atoms with Crippen molar-refractivity contribution in [3.63, 3.8) is 0 Å². The van der Waals surface area contributed by atoms with Gasteiger partial charge in [-0.15, -0.1) is 0 Å². The number of carbonyl (C=O) groups excluding carboxylic acids is 1. The van der Waals surface area contributed by atoms with Crippen LogP contribution in [0.2, 0.25) is 0 Å². The Labute approximate surface area is 98.7 Å². The van der Waals surface area contributed by atoms with Crippen molar-refractivity contribution in [2.45, 2.75) is 20.8 Å². The zero-order valence-corrected chi connectivity index (χ0v) is 9.89. The average Bonchev–Trinajstić information content (AvgIpc) is 2.25. The van der Waals surface area contributed by atoms with Crippen molar-refractivity contribution in [1.29, 1.82) is 0 Å². The van der Waals surface area contributed by atoms with E-state index in [0.29, 0.717) is 5.69 Å². The molecule has 0 aliphatic rings. The highest BCUT2D eigenvalue weighted by atomic mass is 16.7. The third-order valence-electron chi connectivity index (χ3n) is 1.93. The summed E-state index contributed by atoms with van der Waals surface area (Å²) in [6.45, 7) is 5.14. The van der Waals surface area contributed by atoms with Crippen LogP contribution in [0.5, 0.6) is 0 Å². The summed E-state index contributed by atoms with van der Waals surface area (Å²) in [6.07, 6.45) is 0. The van der Waals surface area contributed by atoms with Crippen molar-refractivity contribution >= 4 is 17.3 Å². The molecule has 0 aliphatic carbocycles. The molecule has 1 aromatic carbocycles. The molecule has 0 amide bonds. The number of non-ortho nitro benzene ring substituents is 1. The van der Waals surface area contributed by atoms with Gasteiger partial charge < -0.3 is 4.84 Å². The van der Waals surface area contributed by atoms with Crippen molar-refractivity contribution in [3.8, 4) is 0 Å². The van der Waals surface area contributed by atoms with Crippen LogP contribution in [0.1, 0.15) is 20.8 Å². The van der Waals surface area contributed by atoms with Crippen molar-refractivity contribution in [2.75, 3.05) is 5.48 Å². The van der Waals surface area contributed by atoms with Crippen LogP contribution in [0.3, 0.4) is 0 Å².